The summed E-state index contributed by atoms with van der Waals surface area (Å²) in [7, 11) is -2.89. The highest BCUT2D eigenvalue weighted by atomic mass is 35.5. The lowest BCUT2D eigenvalue weighted by Crippen LogP contribution is -2.28. The number of sulfone groups is 1. The van der Waals surface area contributed by atoms with E-state index >= 15 is 0 Å². The van der Waals surface area contributed by atoms with Gasteiger partial charge in [-0.05, 0) is 30.7 Å². The normalized spacial score (nSPS) is 18.8. The van der Waals surface area contributed by atoms with E-state index in [1.807, 2.05) is 18.2 Å². The minimum Gasteiger partial charge on any atom is -0.370 e. The molecule has 0 bridgehead atoms. The molecule has 1 aromatic rings. The Hall–Kier alpha value is -0.780. The van der Waals surface area contributed by atoms with Crippen LogP contribution in [0.2, 0.25) is 5.02 Å². The van der Waals surface area contributed by atoms with Gasteiger partial charge in [-0.15, -0.1) is 0 Å². The molecule has 0 aromatic heterocycles. The summed E-state index contributed by atoms with van der Waals surface area (Å²) in [4.78, 5) is 2.14. The van der Waals surface area contributed by atoms with E-state index in [4.69, 9.17) is 11.6 Å². The monoisotopic (exact) mass is 316 g/mol. The van der Waals surface area contributed by atoms with Crippen molar-refractivity contribution in [3.05, 3.63) is 28.8 Å². The lowest BCUT2D eigenvalue weighted by molar-refractivity contribution is 0.597. The Morgan fingerprint density at radius 1 is 1.30 bits per heavy atom. The van der Waals surface area contributed by atoms with Gasteiger partial charge < -0.3 is 10.2 Å². The van der Waals surface area contributed by atoms with Crippen LogP contribution in [0.15, 0.2) is 18.2 Å². The highest BCUT2D eigenvalue weighted by Crippen LogP contribution is 2.26. The van der Waals surface area contributed by atoms with Gasteiger partial charge in [0.2, 0.25) is 0 Å². The summed E-state index contributed by atoms with van der Waals surface area (Å²) in [5.41, 5.74) is 2.21. The number of nitrogens with one attached hydrogen (secondary N) is 1. The van der Waals surface area contributed by atoms with Gasteiger partial charge in [0.05, 0.1) is 11.5 Å². The second-order valence-corrected chi connectivity index (χ2v) is 7.79. The molecule has 0 saturated carbocycles. The molecule has 0 radical (unpaired) electrons. The zero-order valence-corrected chi connectivity index (χ0v) is 13.3. The van der Waals surface area contributed by atoms with E-state index in [0.717, 1.165) is 30.9 Å². The Balaban J connectivity index is 2.23. The number of rotatable bonds is 4. The molecule has 0 aliphatic carbocycles. The van der Waals surface area contributed by atoms with E-state index in [1.165, 1.54) is 0 Å². The molecule has 0 atom stereocenters. The Bertz CT molecular complexity index is 560. The predicted octanol–water partition coefficient (Wildman–Crippen LogP) is 2.07. The van der Waals surface area contributed by atoms with Crippen LogP contribution in [0, 0.1) is 0 Å². The molecule has 1 fully saturated rings. The summed E-state index contributed by atoms with van der Waals surface area (Å²) in [5.74, 6) is 0.507. The molecular weight excluding hydrogens is 296 g/mol. The van der Waals surface area contributed by atoms with Crippen LogP contribution in [-0.2, 0) is 16.4 Å². The summed E-state index contributed by atoms with van der Waals surface area (Å²) in [6.07, 6.45) is 0.676. The maximum Gasteiger partial charge on any atom is 0.152 e. The molecule has 1 aliphatic rings. The van der Waals surface area contributed by atoms with Crippen LogP contribution in [0.1, 0.15) is 18.9 Å². The number of benzene rings is 1. The van der Waals surface area contributed by atoms with Gasteiger partial charge in [0.15, 0.2) is 9.84 Å². The summed E-state index contributed by atoms with van der Waals surface area (Å²) in [6.45, 7) is 5.04. The minimum absolute atomic E-state index is 0.222. The molecule has 112 valence electrons. The molecule has 0 unspecified atom stereocenters. The fourth-order valence-corrected chi connectivity index (χ4v) is 3.86. The van der Waals surface area contributed by atoms with E-state index in [0.29, 0.717) is 18.0 Å². The third-order valence-electron chi connectivity index (χ3n) is 3.51. The van der Waals surface area contributed by atoms with Crippen LogP contribution < -0.4 is 10.2 Å². The molecule has 1 saturated heterocycles. The SMILES string of the molecule is CCNCc1ccc(Cl)cc1N1CCCS(=O)(=O)CC1. The molecule has 2 rings (SSSR count). The summed E-state index contributed by atoms with van der Waals surface area (Å²) in [5, 5.41) is 3.99. The van der Waals surface area contributed by atoms with Crippen molar-refractivity contribution in [2.24, 2.45) is 0 Å². The zero-order valence-electron chi connectivity index (χ0n) is 11.7. The first-order chi connectivity index (χ1) is 9.52. The van der Waals surface area contributed by atoms with Crippen LogP contribution in [0.25, 0.3) is 0 Å². The van der Waals surface area contributed by atoms with Crippen molar-refractivity contribution in [1.29, 1.82) is 0 Å². The predicted molar refractivity (Wildman–Crippen MR) is 84.3 cm³/mol. The molecule has 6 heteroatoms. The number of halogens is 1. The minimum atomic E-state index is -2.89. The Kier molecular flexibility index (Phi) is 5.29. The van der Waals surface area contributed by atoms with Crippen molar-refractivity contribution in [2.45, 2.75) is 19.9 Å². The maximum absolute atomic E-state index is 11.7. The van der Waals surface area contributed by atoms with Crippen LogP contribution in [0.5, 0.6) is 0 Å². The Labute approximate surface area is 126 Å². The molecule has 1 aliphatic heterocycles. The number of nitrogens with zero attached hydrogens (tertiary/aromatic N) is 1. The maximum atomic E-state index is 11.7. The summed E-state index contributed by atoms with van der Waals surface area (Å²) in [6, 6.07) is 5.83. The fourth-order valence-electron chi connectivity index (χ4n) is 2.42. The first kappa shape index (κ1) is 15.6. The van der Waals surface area contributed by atoms with Crippen LogP contribution in [-0.4, -0.2) is 39.6 Å². The Morgan fingerprint density at radius 2 is 2.10 bits per heavy atom. The molecule has 1 N–H and O–H groups in total. The van der Waals surface area contributed by atoms with Gasteiger partial charge >= 0.3 is 0 Å². The lowest BCUT2D eigenvalue weighted by atomic mass is 10.1. The van der Waals surface area contributed by atoms with Gasteiger partial charge in [-0.3, -0.25) is 0 Å². The topological polar surface area (TPSA) is 49.4 Å². The largest absolute Gasteiger partial charge is 0.370 e. The van der Waals surface area contributed by atoms with Crippen molar-refractivity contribution in [3.63, 3.8) is 0 Å². The average Bonchev–Trinajstić information content (AvgIpc) is 2.58. The molecule has 1 heterocycles. The van der Waals surface area contributed by atoms with E-state index in [-0.39, 0.29) is 11.5 Å². The van der Waals surface area contributed by atoms with Gasteiger partial charge in [-0.25, -0.2) is 8.42 Å². The standard InChI is InChI=1S/C14H21ClN2O2S/c1-2-16-11-12-4-5-13(15)10-14(12)17-6-3-8-20(18,19)9-7-17/h4-5,10,16H,2-3,6-9,11H2,1H3. The Morgan fingerprint density at radius 3 is 2.85 bits per heavy atom. The van der Waals surface area contributed by atoms with Crippen molar-refractivity contribution >= 4 is 27.1 Å². The van der Waals surface area contributed by atoms with Crippen LogP contribution in [0.4, 0.5) is 5.69 Å². The molecule has 4 nitrogen and oxygen atoms in total. The number of hydrogen-bond acceptors (Lipinski definition) is 4. The molecule has 20 heavy (non-hydrogen) atoms. The highest BCUT2D eigenvalue weighted by Gasteiger charge is 2.20. The number of hydrogen-bond donors (Lipinski definition) is 1. The molecule has 0 spiro atoms. The lowest BCUT2D eigenvalue weighted by Gasteiger charge is -2.25. The van der Waals surface area contributed by atoms with Gasteiger partial charge in [0, 0.05) is 30.3 Å². The van der Waals surface area contributed by atoms with Crippen molar-refractivity contribution in [3.8, 4) is 0 Å². The van der Waals surface area contributed by atoms with E-state index < -0.39 is 9.84 Å². The van der Waals surface area contributed by atoms with E-state index in [2.05, 4.69) is 17.1 Å². The average molecular weight is 317 g/mol. The zero-order chi connectivity index (χ0) is 14.6. The van der Waals surface area contributed by atoms with Crippen molar-refractivity contribution in [1.82, 2.24) is 5.32 Å². The first-order valence-electron chi connectivity index (χ1n) is 6.96. The molecule has 0 amide bonds. The third-order valence-corrected chi connectivity index (χ3v) is 5.46. The highest BCUT2D eigenvalue weighted by molar-refractivity contribution is 7.91. The second kappa shape index (κ2) is 6.78. The fraction of sp³-hybridized carbons (Fsp3) is 0.571. The quantitative estimate of drug-likeness (QED) is 0.924. The van der Waals surface area contributed by atoms with Gasteiger partial charge in [0.25, 0.3) is 0 Å². The first-order valence-corrected chi connectivity index (χ1v) is 9.16. The van der Waals surface area contributed by atoms with Gasteiger partial charge in [0.1, 0.15) is 0 Å². The van der Waals surface area contributed by atoms with Crippen LogP contribution in [0.3, 0.4) is 0 Å². The summed E-state index contributed by atoms with van der Waals surface area (Å²) >= 11 is 6.10. The van der Waals surface area contributed by atoms with Gasteiger partial charge in [-0.1, -0.05) is 24.6 Å². The smallest absolute Gasteiger partial charge is 0.152 e. The number of anilines is 1. The van der Waals surface area contributed by atoms with Crippen molar-refractivity contribution < 1.29 is 8.42 Å². The third kappa shape index (κ3) is 4.11. The van der Waals surface area contributed by atoms with Crippen molar-refractivity contribution in [2.75, 3.05) is 36.0 Å². The second-order valence-electron chi connectivity index (χ2n) is 5.05. The van der Waals surface area contributed by atoms with E-state index in [1.54, 1.807) is 0 Å². The van der Waals surface area contributed by atoms with E-state index in [9.17, 15) is 8.42 Å². The molecule has 1 aromatic carbocycles. The molecular formula is C14H21ClN2O2S. The van der Waals surface area contributed by atoms with Gasteiger partial charge in [-0.2, -0.15) is 0 Å². The van der Waals surface area contributed by atoms with Crippen LogP contribution >= 0.6 is 11.6 Å². The summed E-state index contributed by atoms with van der Waals surface area (Å²) < 4.78 is 23.4.